The molecule has 2 amide bonds. The first-order valence-electron chi connectivity index (χ1n) is 2.97. The Morgan fingerprint density at radius 3 is 2.70 bits per heavy atom. The van der Waals surface area contributed by atoms with E-state index in [1.165, 1.54) is 11.2 Å². The van der Waals surface area contributed by atoms with Crippen LogP contribution in [0.25, 0.3) is 0 Å². The highest BCUT2D eigenvalue weighted by Gasteiger charge is 2.26. The summed E-state index contributed by atoms with van der Waals surface area (Å²) in [5.74, 6) is -1.15. The van der Waals surface area contributed by atoms with E-state index in [4.69, 9.17) is 0 Å². The summed E-state index contributed by atoms with van der Waals surface area (Å²) in [4.78, 5) is 26.4. The highest BCUT2D eigenvalue weighted by molar-refractivity contribution is 6.09. The molecule has 0 N–H and O–H groups in total. The molecule has 0 radical (unpaired) electrons. The molecule has 0 aromatic carbocycles. The first-order valence-corrected chi connectivity index (χ1v) is 2.97. The maximum atomic E-state index is 10.9. The maximum Gasteiger partial charge on any atom is 0.259 e. The van der Waals surface area contributed by atoms with E-state index in [1.807, 2.05) is 0 Å². The van der Waals surface area contributed by atoms with Crippen molar-refractivity contribution in [2.75, 3.05) is 7.05 Å². The van der Waals surface area contributed by atoms with E-state index in [0.717, 1.165) is 0 Å². The summed E-state index contributed by atoms with van der Waals surface area (Å²) in [6.07, 6.45) is 1.24. The summed E-state index contributed by atoms with van der Waals surface area (Å²) in [6, 6.07) is 0. The normalized spacial score (nSPS) is 25.8. The van der Waals surface area contributed by atoms with Crippen LogP contribution in [0.3, 0.4) is 0 Å². The van der Waals surface area contributed by atoms with Gasteiger partial charge in [0, 0.05) is 7.05 Å². The molecule has 1 rings (SSSR count). The van der Waals surface area contributed by atoms with E-state index < -0.39 is 5.92 Å². The third-order valence-electron chi connectivity index (χ3n) is 1.45. The molecule has 0 saturated carbocycles. The molecule has 0 saturated heterocycles. The van der Waals surface area contributed by atoms with Crippen LogP contribution in [-0.4, -0.2) is 30.1 Å². The molecule has 1 aliphatic heterocycles. The molecule has 0 aromatic rings. The lowest BCUT2D eigenvalue weighted by molar-refractivity contribution is -0.137. The summed E-state index contributed by atoms with van der Waals surface area (Å²) >= 11 is 0. The maximum absolute atomic E-state index is 10.9. The van der Waals surface area contributed by atoms with Crippen LogP contribution in [0.4, 0.5) is 0 Å². The number of aliphatic imine (C=N–C) groups is 1. The lowest BCUT2D eigenvalue weighted by Crippen LogP contribution is -2.38. The molecule has 10 heavy (non-hydrogen) atoms. The van der Waals surface area contributed by atoms with Crippen LogP contribution in [0, 0.1) is 5.92 Å². The summed E-state index contributed by atoms with van der Waals surface area (Å²) in [5.41, 5.74) is 0. The van der Waals surface area contributed by atoms with Gasteiger partial charge in [0.2, 0.25) is 5.91 Å². The Morgan fingerprint density at radius 2 is 2.20 bits per heavy atom. The SMILES string of the molecule is CC1C(=O)N=CN(C)C1=O. The monoisotopic (exact) mass is 140 g/mol. The highest BCUT2D eigenvalue weighted by atomic mass is 16.2. The minimum Gasteiger partial charge on any atom is -0.305 e. The molecule has 1 heterocycles. The molecule has 54 valence electrons. The molecule has 0 aromatic heterocycles. The van der Waals surface area contributed by atoms with Gasteiger partial charge in [-0.2, -0.15) is 0 Å². The Hall–Kier alpha value is -1.19. The van der Waals surface area contributed by atoms with Crippen molar-refractivity contribution in [2.45, 2.75) is 6.92 Å². The van der Waals surface area contributed by atoms with E-state index >= 15 is 0 Å². The van der Waals surface area contributed by atoms with Crippen LogP contribution >= 0.6 is 0 Å². The molecule has 1 unspecified atom stereocenters. The van der Waals surface area contributed by atoms with E-state index in [9.17, 15) is 9.59 Å². The zero-order valence-electron chi connectivity index (χ0n) is 5.87. The van der Waals surface area contributed by atoms with Gasteiger partial charge in [-0.05, 0) is 6.92 Å². The van der Waals surface area contributed by atoms with Crippen LogP contribution in [0.2, 0.25) is 0 Å². The predicted molar refractivity (Wildman–Crippen MR) is 35.4 cm³/mol. The topological polar surface area (TPSA) is 49.7 Å². The summed E-state index contributed by atoms with van der Waals surface area (Å²) < 4.78 is 0. The molecular formula is C6H8N2O2. The van der Waals surface area contributed by atoms with Crippen molar-refractivity contribution in [3.8, 4) is 0 Å². The number of nitrogens with zero attached hydrogens (tertiary/aromatic N) is 2. The smallest absolute Gasteiger partial charge is 0.259 e. The van der Waals surface area contributed by atoms with Crippen molar-refractivity contribution in [1.29, 1.82) is 0 Å². The predicted octanol–water partition coefficient (Wildman–Crippen LogP) is -0.351. The van der Waals surface area contributed by atoms with Crippen molar-refractivity contribution in [3.05, 3.63) is 0 Å². The number of rotatable bonds is 0. The highest BCUT2D eigenvalue weighted by Crippen LogP contribution is 2.06. The first kappa shape index (κ1) is 6.92. The zero-order chi connectivity index (χ0) is 7.72. The van der Waals surface area contributed by atoms with Crippen LogP contribution < -0.4 is 0 Å². The second-order valence-electron chi connectivity index (χ2n) is 2.25. The Kier molecular flexibility index (Phi) is 1.53. The molecule has 0 spiro atoms. The number of hydrogen-bond donors (Lipinski definition) is 0. The molecule has 0 fully saturated rings. The van der Waals surface area contributed by atoms with Gasteiger partial charge in [0.15, 0.2) is 0 Å². The van der Waals surface area contributed by atoms with Crippen LogP contribution in [0.15, 0.2) is 4.99 Å². The van der Waals surface area contributed by atoms with Crippen molar-refractivity contribution >= 4 is 18.2 Å². The fourth-order valence-corrected chi connectivity index (χ4v) is 0.723. The summed E-state index contributed by atoms with van der Waals surface area (Å²) in [7, 11) is 1.58. The van der Waals surface area contributed by atoms with E-state index in [1.54, 1.807) is 14.0 Å². The molecule has 0 bridgehead atoms. The minimum atomic E-state index is -0.602. The zero-order valence-corrected chi connectivity index (χ0v) is 5.87. The third-order valence-corrected chi connectivity index (χ3v) is 1.45. The molecule has 0 aliphatic carbocycles. The molecular weight excluding hydrogens is 132 g/mol. The average molecular weight is 140 g/mol. The average Bonchev–Trinajstić information content (AvgIpc) is 1.93. The van der Waals surface area contributed by atoms with Gasteiger partial charge >= 0.3 is 0 Å². The molecule has 4 heteroatoms. The van der Waals surface area contributed by atoms with Gasteiger partial charge in [0.05, 0.1) is 0 Å². The number of amides is 2. The second-order valence-corrected chi connectivity index (χ2v) is 2.25. The van der Waals surface area contributed by atoms with Gasteiger partial charge in [0.25, 0.3) is 5.91 Å². The number of carbonyl (C=O) groups is 2. The van der Waals surface area contributed by atoms with Gasteiger partial charge in [0.1, 0.15) is 12.3 Å². The number of carbonyl (C=O) groups excluding carboxylic acids is 2. The Bertz CT molecular complexity index is 210. The summed E-state index contributed by atoms with van der Waals surface area (Å²) in [6.45, 7) is 1.55. The van der Waals surface area contributed by atoms with Crippen LogP contribution in [0.1, 0.15) is 6.92 Å². The molecule has 4 nitrogen and oxygen atoms in total. The minimum absolute atomic E-state index is 0.194. The number of hydrogen-bond acceptors (Lipinski definition) is 2. The lowest BCUT2D eigenvalue weighted by Gasteiger charge is -2.18. The fourth-order valence-electron chi connectivity index (χ4n) is 0.723. The van der Waals surface area contributed by atoms with Gasteiger partial charge < -0.3 is 4.90 Å². The Labute approximate surface area is 58.5 Å². The van der Waals surface area contributed by atoms with Crippen molar-refractivity contribution in [1.82, 2.24) is 4.90 Å². The van der Waals surface area contributed by atoms with Crippen molar-refractivity contribution in [2.24, 2.45) is 10.9 Å². The van der Waals surface area contributed by atoms with Crippen LogP contribution in [0.5, 0.6) is 0 Å². The second kappa shape index (κ2) is 2.21. The lowest BCUT2D eigenvalue weighted by atomic mass is 10.1. The third kappa shape index (κ3) is 0.920. The van der Waals surface area contributed by atoms with Crippen molar-refractivity contribution in [3.63, 3.8) is 0 Å². The quantitative estimate of drug-likeness (QED) is 0.432. The fraction of sp³-hybridized carbons (Fsp3) is 0.500. The van der Waals surface area contributed by atoms with E-state index in [0.29, 0.717) is 0 Å². The molecule has 1 atom stereocenters. The van der Waals surface area contributed by atoms with E-state index in [-0.39, 0.29) is 11.8 Å². The van der Waals surface area contributed by atoms with Gasteiger partial charge in [-0.1, -0.05) is 0 Å². The Morgan fingerprint density at radius 1 is 1.60 bits per heavy atom. The van der Waals surface area contributed by atoms with Crippen LogP contribution in [-0.2, 0) is 9.59 Å². The standard InChI is InChI=1S/C6H8N2O2/c1-4-5(9)7-3-8(2)6(4)10/h3-4H,1-2H3. The first-order chi connectivity index (χ1) is 4.63. The van der Waals surface area contributed by atoms with Gasteiger partial charge in [-0.15, -0.1) is 0 Å². The molecule has 1 aliphatic rings. The van der Waals surface area contributed by atoms with E-state index in [2.05, 4.69) is 4.99 Å². The summed E-state index contributed by atoms with van der Waals surface area (Å²) in [5, 5.41) is 0. The Balaban J connectivity index is 2.89. The van der Waals surface area contributed by atoms with Crippen molar-refractivity contribution < 1.29 is 9.59 Å². The van der Waals surface area contributed by atoms with Gasteiger partial charge in [-0.3, -0.25) is 9.59 Å². The largest absolute Gasteiger partial charge is 0.305 e. The van der Waals surface area contributed by atoms with Gasteiger partial charge in [-0.25, -0.2) is 4.99 Å².